The SMILES string of the molecule is CCCOc1c(Cl)cc(C(=O)N(C)CCCC(=O)O)cc1OCC. The second-order valence-corrected chi connectivity index (χ2v) is 5.70. The number of rotatable bonds is 10. The van der Waals surface area contributed by atoms with Gasteiger partial charge in [-0.25, -0.2) is 0 Å². The van der Waals surface area contributed by atoms with Gasteiger partial charge in [-0.2, -0.15) is 0 Å². The van der Waals surface area contributed by atoms with Crippen LogP contribution in [0.5, 0.6) is 11.5 Å². The lowest BCUT2D eigenvalue weighted by Crippen LogP contribution is -2.28. The molecule has 1 rings (SSSR count). The Morgan fingerprint density at radius 3 is 2.54 bits per heavy atom. The Morgan fingerprint density at radius 1 is 1.25 bits per heavy atom. The molecule has 0 aliphatic rings. The van der Waals surface area contributed by atoms with E-state index < -0.39 is 5.97 Å². The molecule has 1 aromatic carbocycles. The van der Waals surface area contributed by atoms with Crippen molar-refractivity contribution < 1.29 is 24.2 Å². The van der Waals surface area contributed by atoms with E-state index in [-0.39, 0.29) is 12.3 Å². The summed E-state index contributed by atoms with van der Waals surface area (Å²) in [5, 5.41) is 8.98. The molecule has 7 heteroatoms. The zero-order valence-corrected chi connectivity index (χ0v) is 15.1. The van der Waals surface area contributed by atoms with Crippen molar-refractivity contribution in [2.45, 2.75) is 33.1 Å². The van der Waals surface area contributed by atoms with Gasteiger partial charge in [-0.05, 0) is 31.9 Å². The Balaban J connectivity index is 2.93. The van der Waals surface area contributed by atoms with E-state index in [0.29, 0.717) is 48.3 Å². The molecule has 0 heterocycles. The first-order chi connectivity index (χ1) is 11.4. The molecule has 1 aromatic rings. The highest BCUT2D eigenvalue weighted by Crippen LogP contribution is 2.37. The van der Waals surface area contributed by atoms with E-state index in [1.807, 2.05) is 13.8 Å². The summed E-state index contributed by atoms with van der Waals surface area (Å²) in [4.78, 5) is 24.5. The third-order valence-electron chi connectivity index (χ3n) is 3.24. The maximum atomic E-state index is 12.5. The quantitative estimate of drug-likeness (QED) is 0.694. The van der Waals surface area contributed by atoms with E-state index in [9.17, 15) is 9.59 Å². The fourth-order valence-corrected chi connectivity index (χ4v) is 2.35. The standard InChI is InChI=1S/C17H24ClNO5/c1-4-9-24-16-13(18)10-12(11-14(16)23-5-2)17(22)19(3)8-6-7-15(20)21/h10-11H,4-9H2,1-3H3,(H,20,21). The predicted molar refractivity (Wildman–Crippen MR) is 92.2 cm³/mol. The van der Waals surface area contributed by atoms with Gasteiger partial charge in [0.25, 0.3) is 5.91 Å². The van der Waals surface area contributed by atoms with E-state index in [0.717, 1.165) is 6.42 Å². The fraction of sp³-hybridized carbons (Fsp3) is 0.529. The highest BCUT2D eigenvalue weighted by Gasteiger charge is 2.18. The maximum absolute atomic E-state index is 12.5. The first kappa shape index (κ1) is 20.1. The molecule has 0 atom stereocenters. The third-order valence-corrected chi connectivity index (χ3v) is 3.52. The number of halogens is 1. The number of ether oxygens (including phenoxy) is 2. The van der Waals surface area contributed by atoms with E-state index >= 15 is 0 Å². The molecule has 0 bridgehead atoms. The lowest BCUT2D eigenvalue weighted by molar-refractivity contribution is -0.137. The molecule has 0 saturated heterocycles. The van der Waals surface area contributed by atoms with Crippen molar-refractivity contribution in [1.82, 2.24) is 4.90 Å². The molecule has 0 aromatic heterocycles. The van der Waals surface area contributed by atoms with Gasteiger partial charge in [0, 0.05) is 25.6 Å². The highest BCUT2D eigenvalue weighted by atomic mass is 35.5. The number of benzene rings is 1. The summed E-state index contributed by atoms with van der Waals surface area (Å²) in [6.07, 6.45) is 1.24. The normalized spacial score (nSPS) is 10.3. The number of nitrogens with zero attached hydrogens (tertiary/aromatic N) is 1. The van der Waals surface area contributed by atoms with Crippen LogP contribution in [0.1, 0.15) is 43.5 Å². The average molecular weight is 358 g/mol. The summed E-state index contributed by atoms with van der Waals surface area (Å²) in [5.41, 5.74) is 0.380. The Labute approximate surface area is 147 Å². The highest BCUT2D eigenvalue weighted by molar-refractivity contribution is 6.32. The molecule has 0 aliphatic heterocycles. The predicted octanol–water partition coefficient (Wildman–Crippen LogP) is 3.46. The Hall–Kier alpha value is -1.95. The van der Waals surface area contributed by atoms with E-state index in [1.165, 1.54) is 4.90 Å². The van der Waals surface area contributed by atoms with Crippen LogP contribution in [0.2, 0.25) is 5.02 Å². The summed E-state index contributed by atoms with van der Waals surface area (Å²) < 4.78 is 11.1. The molecule has 134 valence electrons. The zero-order valence-electron chi connectivity index (χ0n) is 14.3. The molecule has 0 unspecified atom stereocenters. The summed E-state index contributed by atoms with van der Waals surface area (Å²) in [6.45, 7) is 5.09. The molecular formula is C17H24ClNO5. The number of carbonyl (C=O) groups excluding carboxylic acids is 1. The second-order valence-electron chi connectivity index (χ2n) is 5.29. The van der Waals surface area contributed by atoms with E-state index in [2.05, 4.69) is 0 Å². The van der Waals surface area contributed by atoms with Crippen molar-refractivity contribution in [1.29, 1.82) is 0 Å². The Morgan fingerprint density at radius 2 is 1.96 bits per heavy atom. The van der Waals surface area contributed by atoms with Gasteiger partial charge in [-0.3, -0.25) is 9.59 Å². The summed E-state index contributed by atoms with van der Waals surface area (Å²) in [6, 6.07) is 3.15. The van der Waals surface area contributed by atoms with Crippen molar-refractivity contribution in [2.75, 3.05) is 26.8 Å². The van der Waals surface area contributed by atoms with Gasteiger partial charge in [0.1, 0.15) is 0 Å². The smallest absolute Gasteiger partial charge is 0.303 e. The number of aliphatic carboxylic acids is 1. The molecule has 24 heavy (non-hydrogen) atoms. The fourth-order valence-electron chi connectivity index (χ4n) is 2.09. The molecule has 0 radical (unpaired) electrons. The minimum absolute atomic E-state index is 0.0202. The molecule has 1 N–H and O–H groups in total. The van der Waals surface area contributed by atoms with E-state index in [1.54, 1.807) is 19.2 Å². The maximum Gasteiger partial charge on any atom is 0.303 e. The van der Waals surface area contributed by atoms with Crippen LogP contribution < -0.4 is 9.47 Å². The molecule has 0 spiro atoms. The number of carbonyl (C=O) groups is 2. The molecule has 0 aliphatic carbocycles. The van der Waals surface area contributed by atoms with Gasteiger partial charge in [0.2, 0.25) is 0 Å². The lowest BCUT2D eigenvalue weighted by Gasteiger charge is -2.19. The van der Waals surface area contributed by atoms with E-state index in [4.69, 9.17) is 26.2 Å². The van der Waals surface area contributed by atoms with Crippen molar-refractivity contribution in [2.24, 2.45) is 0 Å². The summed E-state index contributed by atoms with van der Waals surface area (Å²) >= 11 is 6.25. The molecule has 0 saturated carbocycles. The molecule has 1 amide bonds. The first-order valence-electron chi connectivity index (χ1n) is 7.97. The second kappa shape index (κ2) is 10.0. The van der Waals surface area contributed by atoms with Crippen LogP contribution in [-0.4, -0.2) is 48.7 Å². The van der Waals surface area contributed by atoms with Crippen LogP contribution in [0, 0.1) is 0 Å². The topological polar surface area (TPSA) is 76.1 Å². The van der Waals surface area contributed by atoms with Gasteiger partial charge in [-0.15, -0.1) is 0 Å². The van der Waals surface area contributed by atoms with Crippen molar-refractivity contribution >= 4 is 23.5 Å². The summed E-state index contributed by atoms with van der Waals surface area (Å²) in [7, 11) is 1.62. The van der Waals surface area contributed by atoms with Crippen LogP contribution in [-0.2, 0) is 4.79 Å². The summed E-state index contributed by atoms with van der Waals surface area (Å²) in [5.74, 6) is -0.258. The van der Waals surface area contributed by atoms with Gasteiger partial charge in [0.15, 0.2) is 11.5 Å². The number of amides is 1. The van der Waals surface area contributed by atoms with Crippen LogP contribution in [0.15, 0.2) is 12.1 Å². The van der Waals surface area contributed by atoms with Crippen LogP contribution in [0.4, 0.5) is 0 Å². The monoisotopic (exact) mass is 357 g/mol. The lowest BCUT2D eigenvalue weighted by atomic mass is 10.1. The number of carboxylic acid groups (broad SMARTS) is 1. The van der Waals surface area contributed by atoms with Crippen LogP contribution in [0.25, 0.3) is 0 Å². The van der Waals surface area contributed by atoms with Gasteiger partial charge < -0.3 is 19.5 Å². The van der Waals surface area contributed by atoms with Crippen molar-refractivity contribution in [3.8, 4) is 11.5 Å². The van der Waals surface area contributed by atoms with Gasteiger partial charge in [-0.1, -0.05) is 18.5 Å². The minimum Gasteiger partial charge on any atom is -0.490 e. The van der Waals surface area contributed by atoms with Crippen molar-refractivity contribution in [3.63, 3.8) is 0 Å². The Kier molecular flexibility index (Phi) is 8.40. The first-order valence-corrected chi connectivity index (χ1v) is 8.34. The van der Waals surface area contributed by atoms with Crippen LogP contribution in [0.3, 0.4) is 0 Å². The molecule has 0 fully saturated rings. The van der Waals surface area contributed by atoms with Crippen LogP contribution >= 0.6 is 11.6 Å². The van der Waals surface area contributed by atoms with Gasteiger partial charge in [0.05, 0.1) is 18.2 Å². The third kappa shape index (κ3) is 5.92. The number of hydrogen-bond acceptors (Lipinski definition) is 4. The number of carboxylic acids is 1. The number of hydrogen-bond donors (Lipinski definition) is 1. The molecule has 6 nitrogen and oxygen atoms in total. The van der Waals surface area contributed by atoms with Crippen molar-refractivity contribution in [3.05, 3.63) is 22.7 Å². The largest absolute Gasteiger partial charge is 0.490 e. The zero-order chi connectivity index (χ0) is 18.1. The van der Waals surface area contributed by atoms with Gasteiger partial charge >= 0.3 is 5.97 Å². The Bertz CT molecular complexity index is 576. The molecular weight excluding hydrogens is 334 g/mol. The minimum atomic E-state index is -0.880. The average Bonchev–Trinajstić information content (AvgIpc) is 2.53.